The van der Waals surface area contributed by atoms with Gasteiger partial charge in [0.25, 0.3) is 0 Å². The molecule has 1 saturated heterocycles. The van der Waals surface area contributed by atoms with E-state index in [0.29, 0.717) is 6.10 Å². The van der Waals surface area contributed by atoms with E-state index in [1.807, 2.05) is 19.2 Å². The second kappa shape index (κ2) is 6.83. The van der Waals surface area contributed by atoms with Gasteiger partial charge in [-0.25, -0.2) is 0 Å². The summed E-state index contributed by atoms with van der Waals surface area (Å²) in [6, 6.07) is 4.29. The first-order chi connectivity index (χ1) is 8.79. The average Bonchev–Trinajstić information content (AvgIpc) is 2.42. The molecular weight excluding hydrogens is 226 g/mol. The molecule has 1 aliphatic heterocycles. The Labute approximate surface area is 109 Å². The zero-order valence-corrected chi connectivity index (χ0v) is 11.1. The van der Waals surface area contributed by atoms with Crippen LogP contribution in [0.2, 0.25) is 0 Å². The summed E-state index contributed by atoms with van der Waals surface area (Å²) < 4.78 is 5.74. The van der Waals surface area contributed by atoms with Crippen molar-refractivity contribution in [3.05, 3.63) is 29.6 Å². The normalized spacial score (nSPS) is 21.8. The van der Waals surface area contributed by atoms with Crippen molar-refractivity contribution in [3.63, 3.8) is 0 Å². The van der Waals surface area contributed by atoms with E-state index >= 15 is 0 Å². The predicted molar refractivity (Wildman–Crippen MR) is 71.9 cm³/mol. The van der Waals surface area contributed by atoms with Crippen LogP contribution in [-0.2, 0) is 4.74 Å². The molecule has 0 radical (unpaired) electrons. The molecular formula is C14H23N3O. The van der Waals surface area contributed by atoms with E-state index in [2.05, 4.69) is 16.5 Å². The number of hydrogen-bond donors (Lipinski definition) is 2. The van der Waals surface area contributed by atoms with Gasteiger partial charge in [0.15, 0.2) is 0 Å². The third-order valence-corrected chi connectivity index (χ3v) is 3.59. The van der Waals surface area contributed by atoms with Gasteiger partial charge in [0.05, 0.1) is 6.10 Å². The summed E-state index contributed by atoms with van der Waals surface area (Å²) in [5, 5.41) is 0. The summed E-state index contributed by atoms with van der Waals surface area (Å²) in [5.74, 6) is 5.64. The van der Waals surface area contributed by atoms with Crippen LogP contribution in [-0.4, -0.2) is 17.7 Å². The van der Waals surface area contributed by atoms with Gasteiger partial charge >= 0.3 is 0 Å². The van der Waals surface area contributed by atoms with Crippen molar-refractivity contribution < 1.29 is 4.74 Å². The Morgan fingerprint density at radius 3 is 3.00 bits per heavy atom. The Kier molecular flexibility index (Phi) is 5.11. The molecule has 0 aliphatic carbocycles. The van der Waals surface area contributed by atoms with Gasteiger partial charge in [-0.2, -0.15) is 0 Å². The summed E-state index contributed by atoms with van der Waals surface area (Å²) in [5.41, 5.74) is 5.07. The molecule has 1 fully saturated rings. The molecule has 1 aliphatic rings. The monoisotopic (exact) mass is 249 g/mol. The summed E-state index contributed by atoms with van der Waals surface area (Å²) in [7, 11) is 0. The SMILES string of the molecule is Cc1ccc(C(CCC2CCCCO2)NN)cn1. The van der Waals surface area contributed by atoms with Gasteiger partial charge in [-0.3, -0.25) is 16.3 Å². The molecule has 18 heavy (non-hydrogen) atoms. The second-order valence-electron chi connectivity index (χ2n) is 5.02. The van der Waals surface area contributed by atoms with Crippen LogP contribution in [0.15, 0.2) is 18.3 Å². The third-order valence-electron chi connectivity index (χ3n) is 3.59. The van der Waals surface area contributed by atoms with Crippen LogP contribution < -0.4 is 11.3 Å². The number of pyridine rings is 1. The highest BCUT2D eigenvalue weighted by molar-refractivity contribution is 5.16. The number of nitrogens with one attached hydrogen (secondary N) is 1. The van der Waals surface area contributed by atoms with Crippen LogP contribution in [0.1, 0.15) is 49.4 Å². The van der Waals surface area contributed by atoms with Crippen molar-refractivity contribution in [1.29, 1.82) is 0 Å². The van der Waals surface area contributed by atoms with Crippen LogP contribution in [0, 0.1) is 6.92 Å². The highest BCUT2D eigenvalue weighted by Gasteiger charge is 2.17. The van der Waals surface area contributed by atoms with Gasteiger partial charge in [0.1, 0.15) is 0 Å². The Balaban J connectivity index is 1.86. The fourth-order valence-electron chi connectivity index (χ4n) is 2.42. The fraction of sp³-hybridized carbons (Fsp3) is 0.643. The summed E-state index contributed by atoms with van der Waals surface area (Å²) in [4.78, 5) is 4.32. The van der Waals surface area contributed by atoms with Crippen LogP contribution in [0.5, 0.6) is 0 Å². The van der Waals surface area contributed by atoms with Gasteiger partial charge in [0.2, 0.25) is 0 Å². The third kappa shape index (κ3) is 3.77. The van der Waals surface area contributed by atoms with Crippen LogP contribution in [0.25, 0.3) is 0 Å². The van der Waals surface area contributed by atoms with Crippen LogP contribution in [0.3, 0.4) is 0 Å². The zero-order chi connectivity index (χ0) is 12.8. The van der Waals surface area contributed by atoms with Crippen LogP contribution >= 0.6 is 0 Å². The van der Waals surface area contributed by atoms with Crippen molar-refractivity contribution in [1.82, 2.24) is 10.4 Å². The lowest BCUT2D eigenvalue weighted by atomic mass is 9.98. The van der Waals surface area contributed by atoms with E-state index in [1.54, 1.807) is 0 Å². The number of hydrogen-bond acceptors (Lipinski definition) is 4. The Morgan fingerprint density at radius 1 is 1.50 bits per heavy atom. The summed E-state index contributed by atoms with van der Waals surface area (Å²) >= 11 is 0. The summed E-state index contributed by atoms with van der Waals surface area (Å²) in [6.45, 7) is 2.90. The quantitative estimate of drug-likeness (QED) is 0.620. The maximum Gasteiger partial charge on any atom is 0.0575 e. The Bertz CT molecular complexity index is 347. The molecule has 1 aromatic heterocycles. The first-order valence-corrected chi connectivity index (χ1v) is 6.80. The molecule has 4 heteroatoms. The molecule has 1 aromatic rings. The highest BCUT2D eigenvalue weighted by Crippen LogP contribution is 2.23. The van der Waals surface area contributed by atoms with E-state index in [-0.39, 0.29) is 6.04 Å². The minimum absolute atomic E-state index is 0.170. The number of nitrogens with zero attached hydrogens (tertiary/aromatic N) is 1. The largest absolute Gasteiger partial charge is 0.378 e. The first kappa shape index (κ1) is 13.5. The van der Waals surface area contributed by atoms with Crippen molar-refractivity contribution >= 4 is 0 Å². The van der Waals surface area contributed by atoms with Crippen molar-refractivity contribution in [2.45, 2.75) is 51.2 Å². The zero-order valence-electron chi connectivity index (χ0n) is 11.1. The maximum absolute atomic E-state index is 5.74. The van der Waals surface area contributed by atoms with Gasteiger partial charge in [-0.15, -0.1) is 0 Å². The van der Waals surface area contributed by atoms with Gasteiger partial charge in [-0.05, 0) is 50.7 Å². The first-order valence-electron chi connectivity index (χ1n) is 6.80. The van der Waals surface area contributed by atoms with Crippen molar-refractivity contribution in [3.8, 4) is 0 Å². The van der Waals surface area contributed by atoms with Gasteiger partial charge in [0, 0.05) is 24.5 Å². The van der Waals surface area contributed by atoms with E-state index in [1.165, 1.54) is 19.3 Å². The van der Waals surface area contributed by atoms with Gasteiger partial charge in [-0.1, -0.05) is 6.07 Å². The molecule has 0 saturated carbocycles. The number of aryl methyl sites for hydroxylation is 1. The lowest BCUT2D eigenvalue weighted by Gasteiger charge is -2.24. The molecule has 0 aromatic carbocycles. The number of hydrazine groups is 1. The van der Waals surface area contributed by atoms with E-state index in [9.17, 15) is 0 Å². The maximum atomic E-state index is 5.74. The minimum Gasteiger partial charge on any atom is -0.378 e. The van der Waals surface area contributed by atoms with E-state index < -0.39 is 0 Å². The number of aromatic nitrogens is 1. The highest BCUT2D eigenvalue weighted by atomic mass is 16.5. The second-order valence-corrected chi connectivity index (χ2v) is 5.02. The Hall–Kier alpha value is -0.970. The molecule has 0 spiro atoms. The molecule has 2 rings (SSSR count). The van der Waals surface area contributed by atoms with Crippen molar-refractivity contribution in [2.24, 2.45) is 5.84 Å². The molecule has 0 bridgehead atoms. The lowest BCUT2D eigenvalue weighted by Crippen LogP contribution is -2.29. The van der Waals surface area contributed by atoms with E-state index in [0.717, 1.165) is 30.7 Å². The Morgan fingerprint density at radius 2 is 2.39 bits per heavy atom. The smallest absolute Gasteiger partial charge is 0.0575 e. The van der Waals surface area contributed by atoms with Gasteiger partial charge < -0.3 is 4.74 Å². The molecule has 100 valence electrons. The van der Waals surface area contributed by atoms with Crippen LogP contribution in [0.4, 0.5) is 0 Å². The molecule has 2 atom stereocenters. The number of rotatable bonds is 5. The average molecular weight is 249 g/mol. The molecule has 3 N–H and O–H groups in total. The van der Waals surface area contributed by atoms with E-state index in [4.69, 9.17) is 10.6 Å². The molecule has 0 amide bonds. The number of ether oxygens (including phenoxy) is 1. The molecule has 2 unspecified atom stereocenters. The summed E-state index contributed by atoms with van der Waals surface area (Å²) in [6.07, 6.45) is 8.04. The standard InChI is InChI=1S/C14H23N3O/c1-11-5-6-12(10-16-11)14(17-15)8-7-13-4-2-3-9-18-13/h5-6,10,13-14,17H,2-4,7-9,15H2,1H3. The minimum atomic E-state index is 0.170. The number of nitrogens with two attached hydrogens (primary N) is 1. The van der Waals surface area contributed by atoms with Crippen molar-refractivity contribution in [2.75, 3.05) is 6.61 Å². The lowest BCUT2D eigenvalue weighted by molar-refractivity contribution is 0.00854. The molecule has 4 nitrogen and oxygen atoms in total. The molecule has 2 heterocycles. The predicted octanol–water partition coefficient (Wildman–Crippen LogP) is 2.24. The fourth-order valence-corrected chi connectivity index (χ4v) is 2.42. The topological polar surface area (TPSA) is 60.2 Å².